The minimum absolute atomic E-state index is 0.0377. The van der Waals surface area contributed by atoms with Crippen molar-refractivity contribution in [3.63, 3.8) is 0 Å². The number of nitrogen functional groups attached to an aromatic ring is 1. The Bertz CT molecular complexity index is 372. The lowest BCUT2D eigenvalue weighted by Crippen LogP contribution is -2.32. The minimum atomic E-state index is -0.0377. The van der Waals surface area contributed by atoms with Gasteiger partial charge in [0.25, 0.3) is 0 Å². The van der Waals surface area contributed by atoms with Crippen LogP contribution in [-0.4, -0.2) is 5.91 Å². The normalized spacial score (nSPS) is 12.5. The maximum absolute atomic E-state index is 11.9. The summed E-state index contributed by atoms with van der Waals surface area (Å²) in [7, 11) is 0. The molecule has 1 atom stereocenters. The first-order chi connectivity index (χ1) is 8.10. The van der Waals surface area contributed by atoms with Crippen molar-refractivity contribution in [2.24, 2.45) is 5.92 Å². The van der Waals surface area contributed by atoms with Crippen LogP contribution in [0.15, 0.2) is 24.3 Å². The van der Waals surface area contributed by atoms with E-state index in [1.54, 1.807) is 0 Å². The molecule has 17 heavy (non-hydrogen) atoms. The van der Waals surface area contributed by atoms with Gasteiger partial charge >= 0.3 is 0 Å². The van der Waals surface area contributed by atoms with E-state index in [1.807, 2.05) is 45.0 Å². The van der Waals surface area contributed by atoms with Gasteiger partial charge in [0.1, 0.15) is 0 Å². The first-order valence-corrected chi connectivity index (χ1v) is 6.24. The molecule has 3 N–H and O–H groups in total. The molecule has 0 aliphatic carbocycles. The molecule has 0 fully saturated rings. The van der Waals surface area contributed by atoms with Gasteiger partial charge in [0.15, 0.2) is 0 Å². The summed E-state index contributed by atoms with van der Waals surface area (Å²) in [4.78, 5) is 11.9. The van der Waals surface area contributed by atoms with Crippen LogP contribution in [0.3, 0.4) is 0 Å². The number of rotatable bonds is 5. The van der Waals surface area contributed by atoms with Crippen molar-refractivity contribution in [2.75, 3.05) is 5.73 Å². The average Bonchev–Trinajstić information content (AvgIpc) is 2.31. The van der Waals surface area contributed by atoms with Gasteiger partial charge in [-0.3, -0.25) is 4.79 Å². The van der Waals surface area contributed by atoms with E-state index >= 15 is 0 Å². The van der Waals surface area contributed by atoms with Crippen LogP contribution in [0, 0.1) is 5.92 Å². The van der Waals surface area contributed by atoms with Crippen molar-refractivity contribution in [3.8, 4) is 0 Å². The van der Waals surface area contributed by atoms with Gasteiger partial charge < -0.3 is 11.1 Å². The van der Waals surface area contributed by atoms with Crippen molar-refractivity contribution in [3.05, 3.63) is 29.8 Å². The van der Waals surface area contributed by atoms with Gasteiger partial charge in [-0.15, -0.1) is 0 Å². The van der Waals surface area contributed by atoms with E-state index in [0.29, 0.717) is 0 Å². The highest BCUT2D eigenvalue weighted by Gasteiger charge is 2.17. The highest BCUT2D eigenvalue weighted by atomic mass is 16.1. The lowest BCUT2D eigenvalue weighted by atomic mass is 10.0. The van der Waals surface area contributed by atoms with Crippen LogP contribution in [0.2, 0.25) is 0 Å². The molecule has 0 saturated carbocycles. The van der Waals surface area contributed by atoms with Gasteiger partial charge in [0, 0.05) is 11.6 Å². The Kier molecular flexibility index (Phi) is 5.01. The first-order valence-electron chi connectivity index (χ1n) is 6.24. The van der Waals surface area contributed by atoms with E-state index in [-0.39, 0.29) is 17.9 Å². The van der Waals surface area contributed by atoms with Crippen LogP contribution in [0.25, 0.3) is 0 Å². The molecule has 0 heterocycles. The second kappa shape index (κ2) is 6.28. The van der Waals surface area contributed by atoms with Gasteiger partial charge in [-0.2, -0.15) is 0 Å². The number of para-hydroxylation sites is 1. The van der Waals surface area contributed by atoms with Crippen molar-refractivity contribution >= 4 is 11.6 Å². The Morgan fingerprint density at radius 2 is 1.88 bits per heavy atom. The minimum Gasteiger partial charge on any atom is -0.398 e. The van der Waals surface area contributed by atoms with Crippen LogP contribution in [0.4, 0.5) is 5.69 Å². The lowest BCUT2D eigenvalue weighted by Gasteiger charge is -2.19. The molecule has 0 radical (unpaired) electrons. The SMILES string of the molecule is CCC(CC)C(=O)NC(C)c1ccccc1N. The Balaban J connectivity index is 2.70. The molecule has 94 valence electrons. The molecular formula is C14H22N2O. The number of nitrogens with one attached hydrogen (secondary N) is 1. The molecular weight excluding hydrogens is 212 g/mol. The lowest BCUT2D eigenvalue weighted by molar-refractivity contribution is -0.125. The third-order valence-corrected chi connectivity index (χ3v) is 3.18. The van der Waals surface area contributed by atoms with Crippen LogP contribution in [0.1, 0.15) is 45.2 Å². The predicted octanol–water partition coefficient (Wildman–Crippen LogP) is 2.88. The Hall–Kier alpha value is -1.51. The maximum Gasteiger partial charge on any atom is 0.223 e. The number of carbonyl (C=O) groups is 1. The molecule has 3 heteroatoms. The Morgan fingerprint density at radius 1 is 1.29 bits per heavy atom. The van der Waals surface area contributed by atoms with E-state index < -0.39 is 0 Å². The summed E-state index contributed by atoms with van der Waals surface area (Å²) < 4.78 is 0. The van der Waals surface area contributed by atoms with Crippen LogP contribution >= 0.6 is 0 Å². The average molecular weight is 234 g/mol. The first kappa shape index (κ1) is 13.6. The zero-order valence-corrected chi connectivity index (χ0v) is 10.9. The second-order valence-electron chi connectivity index (χ2n) is 4.37. The largest absolute Gasteiger partial charge is 0.398 e. The van der Waals surface area contributed by atoms with Gasteiger partial charge in [-0.25, -0.2) is 0 Å². The molecule has 0 saturated heterocycles. The number of nitrogens with two attached hydrogens (primary N) is 1. The molecule has 1 amide bonds. The summed E-state index contributed by atoms with van der Waals surface area (Å²) in [5.74, 6) is 0.216. The smallest absolute Gasteiger partial charge is 0.223 e. The van der Waals surface area contributed by atoms with E-state index in [2.05, 4.69) is 5.32 Å². The number of anilines is 1. The van der Waals surface area contributed by atoms with Crippen molar-refractivity contribution in [1.29, 1.82) is 0 Å². The van der Waals surface area contributed by atoms with Crippen molar-refractivity contribution < 1.29 is 4.79 Å². The predicted molar refractivity (Wildman–Crippen MR) is 71.5 cm³/mol. The van der Waals surface area contributed by atoms with E-state index in [0.717, 1.165) is 24.1 Å². The fourth-order valence-corrected chi connectivity index (χ4v) is 1.97. The molecule has 0 aliphatic rings. The number of amides is 1. The number of benzene rings is 1. The summed E-state index contributed by atoms with van der Waals surface area (Å²) in [6.45, 7) is 6.04. The zero-order valence-electron chi connectivity index (χ0n) is 10.9. The summed E-state index contributed by atoms with van der Waals surface area (Å²) in [6, 6.07) is 7.60. The molecule has 3 nitrogen and oxygen atoms in total. The van der Waals surface area contributed by atoms with Crippen LogP contribution in [-0.2, 0) is 4.79 Å². The van der Waals surface area contributed by atoms with Crippen LogP contribution < -0.4 is 11.1 Å². The van der Waals surface area contributed by atoms with Gasteiger partial charge in [0.2, 0.25) is 5.91 Å². The molecule has 0 aliphatic heterocycles. The highest BCUT2D eigenvalue weighted by molar-refractivity contribution is 5.79. The summed E-state index contributed by atoms with van der Waals surface area (Å²) >= 11 is 0. The van der Waals surface area contributed by atoms with E-state index in [4.69, 9.17) is 5.73 Å². The third-order valence-electron chi connectivity index (χ3n) is 3.18. The quantitative estimate of drug-likeness (QED) is 0.770. The van der Waals surface area contributed by atoms with E-state index in [9.17, 15) is 4.79 Å². The maximum atomic E-state index is 11.9. The van der Waals surface area contributed by atoms with Gasteiger partial charge in [0.05, 0.1) is 6.04 Å². The molecule has 1 rings (SSSR count). The van der Waals surface area contributed by atoms with Gasteiger partial charge in [-0.05, 0) is 31.4 Å². The van der Waals surface area contributed by atoms with E-state index in [1.165, 1.54) is 0 Å². The fourth-order valence-electron chi connectivity index (χ4n) is 1.97. The molecule has 0 spiro atoms. The summed E-state index contributed by atoms with van der Waals surface area (Å²) in [5.41, 5.74) is 7.59. The monoisotopic (exact) mass is 234 g/mol. The number of carbonyl (C=O) groups excluding carboxylic acids is 1. The van der Waals surface area contributed by atoms with Crippen LogP contribution in [0.5, 0.6) is 0 Å². The van der Waals surface area contributed by atoms with Gasteiger partial charge in [-0.1, -0.05) is 32.0 Å². The Labute approximate surface area is 103 Å². The van der Waals surface area contributed by atoms with Crippen molar-refractivity contribution in [2.45, 2.75) is 39.7 Å². The Morgan fingerprint density at radius 3 is 2.41 bits per heavy atom. The number of hydrogen-bond donors (Lipinski definition) is 2. The second-order valence-corrected chi connectivity index (χ2v) is 4.37. The molecule has 1 aromatic carbocycles. The zero-order chi connectivity index (χ0) is 12.8. The molecule has 1 aromatic rings. The van der Waals surface area contributed by atoms with Crippen molar-refractivity contribution in [1.82, 2.24) is 5.32 Å². The third kappa shape index (κ3) is 3.48. The molecule has 1 unspecified atom stereocenters. The topological polar surface area (TPSA) is 55.1 Å². The summed E-state index contributed by atoms with van der Waals surface area (Å²) in [5, 5.41) is 3.02. The highest BCUT2D eigenvalue weighted by Crippen LogP contribution is 2.20. The summed E-state index contributed by atoms with van der Waals surface area (Å²) in [6.07, 6.45) is 1.75. The molecule has 0 aromatic heterocycles. The standard InChI is InChI=1S/C14H22N2O/c1-4-11(5-2)14(17)16-10(3)12-8-6-7-9-13(12)15/h6-11H,4-5,15H2,1-3H3,(H,16,17). The fraction of sp³-hybridized carbons (Fsp3) is 0.500. The molecule has 0 bridgehead atoms. The number of hydrogen-bond acceptors (Lipinski definition) is 2.